The highest BCUT2D eigenvalue weighted by Crippen LogP contribution is 2.21. The summed E-state index contributed by atoms with van der Waals surface area (Å²) in [7, 11) is 3.90. The summed E-state index contributed by atoms with van der Waals surface area (Å²) >= 11 is 11.5. The van der Waals surface area contributed by atoms with Gasteiger partial charge in [-0.25, -0.2) is 0 Å². The number of piperidine rings is 1. The van der Waals surface area contributed by atoms with Gasteiger partial charge in [0.1, 0.15) is 11.6 Å². The van der Waals surface area contributed by atoms with E-state index in [0.717, 1.165) is 53.8 Å². The van der Waals surface area contributed by atoms with Gasteiger partial charge >= 0.3 is 0 Å². The second kappa shape index (κ2) is 9.36. The van der Waals surface area contributed by atoms with Crippen LogP contribution < -0.4 is 26.2 Å². The Labute approximate surface area is 176 Å². The fraction of sp³-hybridized carbons (Fsp3) is 0.421. The molecule has 150 valence electrons. The van der Waals surface area contributed by atoms with Crippen molar-refractivity contribution in [3.63, 3.8) is 0 Å². The van der Waals surface area contributed by atoms with E-state index < -0.39 is 0 Å². The van der Waals surface area contributed by atoms with E-state index in [1.807, 2.05) is 50.2 Å². The lowest BCUT2D eigenvalue weighted by atomic mass is 10.1. The van der Waals surface area contributed by atoms with Gasteiger partial charge < -0.3 is 26.2 Å². The van der Waals surface area contributed by atoms with Crippen molar-refractivity contribution in [3.05, 3.63) is 34.9 Å². The third-order valence-corrected chi connectivity index (χ3v) is 5.09. The molecule has 0 bridgehead atoms. The van der Waals surface area contributed by atoms with Gasteiger partial charge in [-0.05, 0) is 62.3 Å². The van der Waals surface area contributed by atoms with Crippen LogP contribution in [-0.2, 0) is 0 Å². The van der Waals surface area contributed by atoms with Crippen LogP contribution in [0.4, 0.5) is 23.3 Å². The highest BCUT2D eigenvalue weighted by Gasteiger charge is 2.15. The summed E-state index contributed by atoms with van der Waals surface area (Å²) in [6.45, 7) is 3.95. The SMILES string of the molecule is Cc1cc(NC(=S)Nc2nc(NC3CCCNC3)cc(N(C)C)n2)ccc1Cl. The molecule has 1 aromatic heterocycles. The second-order valence-electron chi connectivity index (χ2n) is 7.06. The molecule has 0 aliphatic carbocycles. The van der Waals surface area contributed by atoms with Crippen molar-refractivity contribution in [2.24, 2.45) is 0 Å². The van der Waals surface area contributed by atoms with Crippen LogP contribution in [-0.4, -0.2) is 48.3 Å². The van der Waals surface area contributed by atoms with E-state index in [2.05, 4.69) is 31.2 Å². The Morgan fingerprint density at radius 3 is 2.75 bits per heavy atom. The number of thiocarbonyl (C=S) groups is 1. The van der Waals surface area contributed by atoms with Crippen LogP contribution in [0.5, 0.6) is 0 Å². The summed E-state index contributed by atoms with van der Waals surface area (Å²) in [6.07, 6.45) is 2.27. The number of hydrogen-bond acceptors (Lipinski definition) is 6. The molecule has 1 aromatic carbocycles. The van der Waals surface area contributed by atoms with Crippen LogP contribution >= 0.6 is 23.8 Å². The van der Waals surface area contributed by atoms with Gasteiger partial charge in [0.25, 0.3) is 0 Å². The minimum atomic E-state index is 0.355. The zero-order valence-corrected chi connectivity index (χ0v) is 17.9. The molecule has 1 atom stereocenters. The Hall–Kier alpha value is -2.16. The van der Waals surface area contributed by atoms with Crippen molar-refractivity contribution in [1.82, 2.24) is 15.3 Å². The van der Waals surface area contributed by atoms with Gasteiger partial charge in [-0.15, -0.1) is 0 Å². The topological polar surface area (TPSA) is 77.1 Å². The lowest BCUT2D eigenvalue weighted by Crippen LogP contribution is -2.38. The Morgan fingerprint density at radius 1 is 1.25 bits per heavy atom. The molecule has 0 saturated carbocycles. The highest BCUT2D eigenvalue weighted by molar-refractivity contribution is 7.80. The lowest BCUT2D eigenvalue weighted by molar-refractivity contribution is 0.479. The smallest absolute Gasteiger partial charge is 0.232 e. The maximum Gasteiger partial charge on any atom is 0.232 e. The standard InChI is InChI=1S/C19H26ClN7S/c1-12-9-13(6-7-15(12)20)23-19(28)26-18-24-16(10-17(25-18)27(2)3)22-14-5-4-8-21-11-14/h6-7,9-10,14,21H,4-5,8,11H2,1-3H3,(H3,22,23,24,25,26,28). The maximum absolute atomic E-state index is 6.08. The van der Waals surface area contributed by atoms with E-state index in [1.165, 1.54) is 0 Å². The molecule has 2 aromatic rings. The Bertz CT molecular complexity index is 837. The van der Waals surface area contributed by atoms with Crippen LogP contribution in [0.1, 0.15) is 18.4 Å². The van der Waals surface area contributed by atoms with Crippen LogP contribution in [0.3, 0.4) is 0 Å². The molecule has 0 amide bonds. The number of aryl methyl sites for hydroxylation is 1. The van der Waals surface area contributed by atoms with E-state index in [1.54, 1.807) is 0 Å². The quantitative estimate of drug-likeness (QED) is 0.549. The zero-order valence-electron chi connectivity index (χ0n) is 16.3. The summed E-state index contributed by atoms with van der Waals surface area (Å²) in [5, 5.41) is 14.3. The number of halogens is 1. The molecule has 2 heterocycles. The number of benzene rings is 1. The van der Waals surface area contributed by atoms with Gasteiger partial charge in [0.15, 0.2) is 5.11 Å². The number of hydrogen-bond donors (Lipinski definition) is 4. The van der Waals surface area contributed by atoms with Gasteiger partial charge in [-0.2, -0.15) is 9.97 Å². The highest BCUT2D eigenvalue weighted by atomic mass is 35.5. The number of aromatic nitrogens is 2. The molecule has 0 spiro atoms. The molecule has 4 N–H and O–H groups in total. The molecule has 28 heavy (non-hydrogen) atoms. The molecule has 0 radical (unpaired) electrons. The maximum atomic E-state index is 6.08. The van der Waals surface area contributed by atoms with Crippen LogP contribution in [0, 0.1) is 6.92 Å². The molecule has 7 nitrogen and oxygen atoms in total. The lowest BCUT2D eigenvalue weighted by Gasteiger charge is -2.25. The summed E-state index contributed by atoms with van der Waals surface area (Å²) in [4.78, 5) is 11.1. The molecule has 1 saturated heterocycles. The largest absolute Gasteiger partial charge is 0.366 e. The predicted octanol–water partition coefficient (Wildman–Crippen LogP) is 3.48. The Morgan fingerprint density at radius 2 is 2.07 bits per heavy atom. The summed E-state index contributed by atoms with van der Waals surface area (Å²) in [5.41, 5.74) is 1.84. The number of nitrogens with one attached hydrogen (secondary N) is 4. The molecule has 3 rings (SSSR count). The molecule has 1 unspecified atom stereocenters. The van der Waals surface area contributed by atoms with Crippen molar-refractivity contribution in [2.75, 3.05) is 48.0 Å². The van der Waals surface area contributed by atoms with Crippen LogP contribution in [0.25, 0.3) is 0 Å². The van der Waals surface area contributed by atoms with Gasteiger partial charge in [-0.3, -0.25) is 0 Å². The molecule has 1 aliphatic heterocycles. The third-order valence-electron chi connectivity index (χ3n) is 4.46. The molecular formula is C19H26ClN7S. The first kappa shape index (κ1) is 20.6. The fourth-order valence-corrected chi connectivity index (χ4v) is 3.29. The molecule has 1 fully saturated rings. The fourth-order valence-electron chi connectivity index (χ4n) is 2.96. The average molecular weight is 420 g/mol. The first-order valence-electron chi connectivity index (χ1n) is 9.28. The van der Waals surface area contributed by atoms with Crippen molar-refractivity contribution in [1.29, 1.82) is 0 Å². The zero-order chi connectivity index (χ0) is 20.1. The Balaban J connectivity index is 1.72. The van der Waals surface area contributed by atoms with Gasteiger partial charge in [0.2, 0.25) is 5.95 Å². The third kappa shape index (κ3) is 5.67. The van der Waals surface area contributed by atoms with Gasteiger partial charge in [-0.1, -0.05) is 11.6 Å². The van der Waals surface area contributed by atoms with Crippen molar-refractivity contribution in [3.8, 4) is 0 Å². The first-order chi connectivity index (χ1) is 13.4. The van der Waals surface area contributed by atoms with Crippen LogP contribution in [0.2, 0.25) is 5.02 Å². The monoisotopic (exact) mass is 419 g/mol. The second-order valence-corrected chi connectivity index (χ2v) is 7.88. The average Bonchev–Trinajstić information content (AvgIpc) is 2.65. The van der Waals surface area contributed by atoms with Gasteiger partial charge in [0.05, 0.1) is 0 Å². The van der Waals surface area contributed by atoms with E-state index in [0.29, 0.717) is 17.1 Å². The van der Waals surface area contributed by atoms with Crippen molar-refractivity contribution < 1.29 is 0 Å². The summed E-state index contributed by atoms with van der Waals surface area (Å²) < 4.78 is 0. The molecule has 9 heteroatoms. The molecule has 1 aliphatic rings. The van der Waals surface area contributed by atoms with E-state index >= 15 is 0 Å². The first-order valence-corrected chi connectivity index (χ1v) is 10.1. The van der Waals surface area contributed by atoms with E-state index in [4.69, 9.17) is 23.8 Å². The van der Waals surface area contributed by atoms with Crippen molar-refractivity contribution >= 4 is 52.2 Å². The number of nitrogens with zero attached hydrogens (tertiary/aromatic N) is 3. The van der Waals surface area contributed by atoms with E-state index in [-0.39, 0.29) is 0 Å². The van der Waals surface area contributed by atoms with Crippen LogP contribution in [0.15, 0.2) is 24.3 Å². The minimum Gasteiger partial charge on any atom is -0.366 e. The minimum absolute atomic E-state index is 0.355. The predicted molar refractivity (Wildman–Crippen MR) is 122 cm³/mol. The van der Waals surface area contributed by atoms with Crippen molar-refractivity contribution in [2.45, 2.75) is 25.8 Å². The summed E-state index contributed by atoms with van der Waals surface area (Å²) in [6, 6.07) is 7.96. The van der Waals surface area contributed by atoms with Gasteiger partial charge in [0, 0.05) is 43.5 Å². The number of anilines is 4. The summed E-state index contributed by atoms with van der Waals surface area (Å²) in [5.74, 6) is 2.02. The normalized spacial score (nSPS) is 16.4. The Kier molecular flexibility index (Phi) is 6.88. The number of rotatable bonds is 5. The van der Waals surface area contributed by atoms with E-state index in [9.17, 15) is 0 Å². The molecular weight excluding hydrogens is 394 g/mol.